The predicted molar refractivity (Wildman–Crippen MR) is 74.1 cm³/mol. The van der Waals surface area contributed by atoms with E-state index in [0.717, 1.165) is 45.2 Å². The highest BCUT2D eigenvalue weighted by molar-refractivity contribution is 5.78. The first-order valence-corrected chi connectivity index (χ1v) is 7.81. The number of hydrogen-bond donors (Lipinski definition) is 0. The van der Waals surface area contributed by atoms with Gasteiger partial charge in [-0.2, -0.15) is 0 Å². The summed E-state index contributed by atoms with van der Waals surface area (Å²) in [4.78, 5) is 28.1. The fourth-order valence-corrected chi connectivity index (χ4v) is 4.20. The third kappa shape index (κ3) is 2.32. The van der Waals surface area contributed by atoms with Gasteiger partial charge in [-0.15, -0.1) is 0 Å². The summed E-state index contributed by atoms with van der Waals surface area (Å²) < 4.78 is 5.31. The van der Waals surface area contributed by atoms with E-state index in [-0.39, 0.29) is 24.0 Å². The summed E-state index contributed by atoms with van der Waals surface area (Å²) in [5.74, 6) is 0.0958. The molecule has 0 aromatic heterocycles. The van der Waals surface area contributed by atoms with Crippen LogP contribution in [0.1, 0.15) is 46.0 Å². The second-order valence-electron chi connectivity index (χ2n) is 6.37. The van der Waals surface area contributed by atoms with Crippen molar-refractivity contribution < 1.29 is 14.3 Å². The van der Waals surface area contributed by atoms with Gasteiger partial charge in [0.2, 0.25) is 5.91 Å². The maximum absolute atomic E-state index is 12.0. The maximum Gasteiger partial charge on any atom is 0.323 e. The summed E-state index contributed by atoms with van der Waals surface area (Å²) >= 11 is 0. The highest BCUT2D eigenvalue weighted by Gasteiger charge is 2.46. The molecule has 0 saturated carbocycles. The molecule has 5 heteroatoms. The van der Waals surface area contributed by atoms with Crippen molar-refractivity contribution in [1.82, 2.24) is 9.80 Å². The van der Waals surface area contributed by atoms with Gasteiger partial charge < -0.3 is 9.64 Å². The van der Waals surface area contributed by atoms with Crippen LogP contribution in [-0.4, -0.2) is 59.0 Å². The fraction of sp³-hybridized carbons (Fsp3) is 0.867. The molecule has 3 aliphatic heterocycles. The highest BCUT2D eigenvalue weighted by atomic mass is 16.6. The van der Waals surface area contributed by atoms with Crippen LogP contribution in [0.5, 0.6) is 0 Å². The van der Waals surface area contributed by atoms with E-state index in [1.807, 2.05) is 11.8 Å². The van der Waals surface area contributed by atoms with Gasteiger partial charge in [-0.1, -0.05) is 0 Å². The normalized spacial score (nSPS) is 38.5. The van der Waals surface area contributed by atoms with Crippen molar-refractivity contribution in [1.29, 1.82) is 0 Å². The van der Waals surface area contributed by atoms with Crippen molar-refractivity contribution in [2.45, 2.75) is 70.2 Å². The van der Waals surface area contributed by atoms with E-state index in [1.54, 1.807) is 6.92 Å². The van der Waals surface area contributed by atoms with E-state index in [1.165, 1.54) is 0 Å². The average molecular weight is 280 g/mol. The summed E-state index contributed by atoms with van der Waals surface area (Å²) in [6.07, 6.45) is 5.18. The van der Waals surface area contributed by atoms with Gasteiger partial charge in [0.05, 0.1) is 0 Å². The van der Waals surface area contributed by atoms with Crippen molar-refractivity contribution in [3.05, 3.63) is 0 Å². The molecule has 0 aromatic carbocycles. The number of rotatable bonds is 2. The first-order chi connectivity index (χ1) is 9.58. The Balaban J connectivity index is 1.75. The Morgan fingerprint density at radius 2 is 1.90 bits per heavy atom. The molecule has 4 atom stereocenters. The van der Waals surface area contributed by atoms with E-state index in [0.29, 0.717) is 12.1 Å². The Bertz CT molecular complexity index is 412. The van der Waals surface area contributed by atoms with E-state index >= 15 is 0 Å². The lowest BCUT2D eigenvalue weighted by molar-refractivity contribution is -0.145. The van der Waals surface area contributed by atoms with Crippen LogP contribution >= 0.6 is 0 Å². The molecule has 112 valence electrons. The monoisotopic (exact) mass is 280 g/mol. The van der Waals surface area contributed by atoms with Gasteiger partial charge in [0.1, 0.15) is 12.1 Å². The fourth-order valence-electron chi connectivity index (χ4n) is 4.20. The zero-order chi connectivity index (χ0) is 14.3. The maximum atomic E-state index is 12.0. The molecule has 0 spiro atoms. The van der Waals surface area contributed by atoms with Crippen LogP contribution in [0.15, 0.2) is 0 Å². The largest absolute Gasteiger partial charge is 0.461 e. The van der Waals surface area contributed by atoms with Crippen LogP contribution in [0.25, 0.3) is 0 Å². The van der Waals surface area contributed by atoms with E-state index in [9.17, 15) is 9.59 Å². The molecule has 3 rings (SSSR count). The molecule has 0 aromatic rings. The molecule has 3 fully saturated rings. The molecule has 3 saturated heterocycles. The van der Waals surface area contributed by atoms with Gasteiger partial charge in [0, 0.05) is 32.0 Å². The molecule has 0 aliphatic carbocycles. The number of ether oxygens (including phenoxy) is 1. The van der Waals surface area contributed by atoms with Gasteiger partial charge in [-0.25, -0.2) is 0 Å². The van der Waals surface area contributed by atoms with Crippen molar-refractivity contribution in [2.24, 2.45) is 0 Å². The lowest BCUT2D eigenvalue weighted by Crippen LogP contribution is -2.52. The number of amides is 1. The number of nitrogens with zero attached hydrogens (tertiary/aromatic N) is 2. The quantitative estimate of drug-likeness (QED) is 0.712. The van der Waals surface area contributed by atoms with Crippen LogP contribution in [0.3, 0.4) is 0 Å². The second kappa shape index (κ2) is 5.35. The van der Waals surface area contributed by atoms with Gasteiger partial charge in [-0.3, -0.25) is 14.5 Å². The molecule has 3 aliphatic rings. The third-order valence-corrected chi connectivity index (χ3v) is 5.03. The summed E-state index contributed by atoms with van der Waals surface area (Å²) in [6.45, 7) is 5.44. The van der Waals surface area contributed by atoms with Crippen LogP contribution in [-0.2, 0) is 14.3 Å². The lowest BCUT2D eigenvalue weighted by Gasteiger charge is -2.36. The average Bonchev–Trinajstić information content (AvgIpc) is 3.06. The summed E-state index contributed by atoms with van der Waals surface area (Å²) in [7, 11) is 0. The molecule has 0 unspecified atom stereocenters. The minimum absolute atomic E-state index is 0.0289. The molecule has 0 bridgehead atoms. The van der Waals surface area contributed by atoms with Crippen LogP contribution in [0.4, 0.5) is 0 Å². The predicted octanol–water partition coefficient (Wildman–Crippen LogP) is 1.17. The molecule has 1 amide bonds. The second-order valence-corrected chi connectivity index (χ2v) is 6.37. The summed E-state index contributed by atoms with van der Waals surface area (Å²) in [6, 6.07) is 0.537. The van der Waals surface area contributed by atoms with E-state index in [4.69, 9.17) is 4.74 Å². The molecule has 3 heterocycles. The first-order valence-electron chi connectivity index (χ1n) is 7.81. The molecule has 20 heavy (non-hydrogen) atoms. The number of carbonyl (C=O) groups is 2. The topological polar surface area (TPSA) is 49.9 Å². The van der Waals surface area contributed by atoms with Crippen molar-refractivity contribution in [2.75, 3.05) is 13.1 Å². The minimum Gasteiger partial charge on any atom is -0.461 e. The molecule has 0 radical (unpaired) electrons. The molecule has 0 N–H and O–H groups in total. The Morgan fingerprint density at radius 1 is 1.20 bits per heavy atom. The lowest BCUT2D eigenvalue weighted by atomic mass is 10.0. The Hall–Kier alpha value is -1.10. The number of likely N-dealkylation sites (tertiary alicyclic amines) is 2. The number of carbonyl (C=O) groups excluding carboxylic acids is 2. The van der Waals surface area contributed by atoms with Crippen LogP contribution in [0, 0.1) is 0 Å². The summed E-state index contributed by atoms with van der Waals surface area (Å²) in [5.41, 5.74) is 0. The van der Waals surface area contributed by atoms with E-state index < -0.39 is 0 Å². The summed E-state index contributed by atoms with van der Waals surface area (Å²) in [5, 5.41) is 0. The number of cyclic esters (lactones) is 1. The standard InChI is InChI=1S/C15H24N2O3/c1-10-9-14(15(19)20-10)17-8-4-6-13(17)12-5-3-7-16(12)11(2)18/h10,12-14H,3-9H2,1-2H3/t10-,12-,13+,14+/m1/s1. The van der Waals surface area contributed by atoms with Crippen molar-refractivity contribution in [3.8, 4) is 0 Å². The zero-order valence-corrected chi connectivity index (χ0v) is 12.4. The first kappa shape index (κ1) is 13.9. The third-order valence-electron chi connectivity index (χ3n) is 5.03. The Morgan fingerprint density at radius 3 is 2.55 bits per heavy atom. The highest BCUT2D eigenvalue weighted by Crippen LogP contribution is 2.34. The van der Waals surface area contributed by atoms with Crippen LogP contribution < -0.4 is 0 Å². The molecule has 5 nitrogen and oxygen atoms in total. The molecular formula is C15H24N2O3. The van der Waals surface area contributed by atoms with Gasteiger partial charge >= 0.3 is 5.97 Å². The van der Waals surface area contributed by atoms with Crippen molar-refractivity contribution in [3.63, 3.8) is 0 Å². The van der Waals surface area contributed by atoms with Gasteiger partial charge in [-0.05, 0) is 39.2 Å². The van der Waals surface area contributed by atoms with Crippen LogP contribution in [0.2, 0.25) is 0 Å². The number of hydrogen-bond acceptors (Lipinski definition) is 4. The Kier molecular flexibility index (Phi) is 3.71. The zero-order valence-electron chi connectivity index (χ0n) is 12.4. The smallest absolute Gasteiger partial charge is 0.323 e. The SMILES string of the molecule is CC(=O)N1CCC[C@@H]1[C@@H]1CCCN1[C@H]1C[C@@H](C)OC1=O. The minimum atomic E-state index is -0.0908. The number of esters is 1. The van der Waals surface area contributed by atoms with Gasteiger partial charge in [0.15, 0.2) is 0 Å². The Labute approximate surface area is 120 Å². The van der Waals surface area contributed by atoms with Gasteiger partial charge in [0.25, 0.3) is 0 Å². The van der Waals surface area contributed by atoms with E-state index in [2.05, 4.69) is 4.90 Å². The van der Waals surface area contributed by atoms with Crippen molar-refractivity contribution >= 4 is 11.9 Å². The molecular weight excluding hydrogens is 256 g/mol.